The van der Waals surface area contributed by atoms with Gasteiger partial charge in [0.15, 0.2) is 5.82 Å². The van der Waals surface area contributed by atoms with Crippen LogP contribution in [0.3, 0.4) is 0 Å². The standard InChI is InChI=1S/C16H28N4O/c1-3-21-11-16-19-14(17)10-15(20-16)18-9-8-13-6-4-12(2)5-7-13/h10,12-13H,3-9,11H2,1-2H3,(H3,17,18,19,20). The monoisotopic (exact) mass is 292 g/mol. The molecular formula is C16H28N4O. The summed E-state index contributed by atoms with van der Waals surface area (Å²) in [5.74, 6) is 3.72. The van der Waals surface area contributed by atoms with Gasteiger partial charge in [0.2, 0.25) is 0 Å². The zero-order valence-corrected chi connectivity index (χ0v) is 13.3. The predicted octanol–water partition coefficient (Wildman–Crippen LogP) is 3.22. The molecule has 1 aliphatic rings. The Morgan fingerprint density at radius 1 is 1.29 bits per heavy atom. The van der Waals surface area contributed by atoms with Crippen molar-refractivity contribution in [3.8, 4) is 0 Å². The minimum Gasteiger partial charge on any atom is -0.384 e. The summed E-state index contributed by atoms with van der Waals surface area (Å²) in [6, 6.07) is 1.79. The van der Waals surface area contributed by atoms with E-state index < -0.39 is 0 Å². The van der Waals surface area contributed by atoms with E-state index in [4.69, 9.17) is 10.5 Å². The van der Waals surface area contributed by atoms with Crippen LogP contribution in [-0.4, -0.2) is 23.1 Å². The number of nitrogens with one attached hydrogen (secondary N) is 1. The zero-order chi connectivity index (χ0) is 15.1. The van der Waals surface area contributed by atoms with Gasteiger partial charge in [-0.25, -0.2) is 9.97 Å². The summed E-state index contributed by atoms with van der Waals surface area (Å²) < 4.78 is 5.33. The molecule has 0 aliphatic heterocycles. The Bertz CT molecular complexity index is 430. The topological polar surface area (TPSA) is 73.1 Å². The van der Waals surface area contributed by atoms with Gasteiger partial charge in [0, 0.05) is 19.2 Å². The summed E-state index contributed by atoms with van der Waals surface area (Å²) in [5.41, 5.74) is 5.81. The van der Waals surface area contributed by atoms with Crippen molar-refractivity contribution >= 4 is 11.6 Å². The Kier molecular flexibility index (Phi) is 6.23. The molecule has 1 aromatic heterocycles. The van der Waals surface area contributed by atoms with Crippen molar-refractivity contribution in [1.82, 2.24) is 9.97 Å². The molecule has 0 bridgehead atoms. The lowest BCUT2D eigenvalue weighted by atomic mass is 9.81. The average Bonchev–Trinajstić information content (AvgIpc) is 2.47. The minimum atomic E-state index is 0.413. The molecule has 3 N–H and O–H groups in total. The van der Waals surface area contributed by atoms with Gasteiger partial charge in [-0.05, 0) is 25.2 Å². The van der Waals surface area contributed by atoms with Crippen molar-refractivity contribution in [2.24, 2.45) is 11.8 Å². The number of nitrogens with two attached hydrogens (primary N) is 1. The molecule has 0 aromatic carbocycles. The molecule has 1 fully saturated rings. The predicted molar refractivity (Wildman–Crippen MR) is 86.0 cm³/mol. The van der Waals surface area contributed by atoms with Crippen LogP contribution in [-0.2, 0) is 11.3 Å². The van der Waals surface area contributed by atoms with Crippen LogP contribution >= 0.6 is 0 Å². The molecule has 0 amide bonds. The first kappa shape index (κ1) is 16.0. The molecular weight excluding hydrogens is 264 g/mol. The van der Waals surface area contributed by atoms with Gasteiger partial charge in [-0.1, -0.05) is 32.6 Å². The average molecular weight is 292 g/mol. The number of rotatable bonds is 7. The molecule has 1 aliphatic carbocycles. The van der Waals surface area contributed by atoms with Gasteiger partial charge in [-0.15, -0.1) is 0 Å². The quantitative estimate of drug-likeness (QED) is 0.807. The van der Waals surface area contributed by atoms with E-state index in [0.717, 1.165) is 24.2 Å². The lowest BCUT2D eigenvalue weighted by Gasteiger charge is -2.26. The highest BCUT2D eigenvalue weighted by molar-refractivity contribution is 5.44. The SMILES string of the molecule is CCOCc1nc(N)cc(NCCC2CCC(C)CC2)n1. The molecule has 0 saturated heterocycles. The fourth-order valence-electron chi connectivity index (χ4n) is 2.89. The Morgan fingerprint density at radius 2 is 2.05 bits per heavy atom. The van der Waals surface area contributed by atoms with Crippen LogP contribution in [0.2, 0.25) is 0 Å². The number of hydrogen-bond donors (Lipinski definition) is 2. The van der Waals surface area contributed by atoms with Gasteiger partial charge in [-0.3, -0.25) is 0 Å². The Hall–Kier alpha value is -1.36. The molecule has 0 radical (unpaired) electrons. The van der Waals surface area contributed by atoms with E-state index in [2.05, 4.69) is 22.2 Å². The van der Waals surface area contributed by atoms with E-state index in [-0.39, 0.29) is 0 Å². The second kappa shape index (κ2) is 8.17. The maximum Gasteiger partial charge on any atom is 0.158 e. The maximum atomic E-state index is 5.81. The summed E-state index contributed by atoms with van der Waals surface area (Å²) in [7, 11) is 0. The van der Waals surface area contributed by atoms with Crippen molar-refractivity contribution in [3.63, 3.8) is 0 Å². The summed E-state index contributed by atoms with van der Waals surface area (Å²) in [6.07, 6.45) is 6.69. The number of hydrogen-bond acceptors (Lipinski definition) is 5. The second-order valence-electron chi connectivity index (χ2n) is 6.07. The third-order valence-electron chi connectivity index (χ3n) is 4.22. The molecule has 0 unspecified atom stereocenters. The van der Waals surface area contributed by atoms with Crippen LogP contribution in [0.5, 0.6) is 0 Å². The van der Waals surface area contributed by atoms with Crippen molar-refractivity contribution < 1.29 is 4.74 Å². The van der Waals surface area contributed by atoms with Crippen molar-refractivity contribution in [1.29, 1.82) is 0 Å². The van der Waals surface area contributed by atoms with Gasteiger partial charge in [0.1, 0.15) is 18.2 Å². The number of anilines is 2. The largest absolute Gasteiger partial charge is 0.384 e. The lowest BCUT2D eigenvalue weighted by Crippen LogP contribution is -2.16. The highest BCUT2D eigenvalue weighted by atomic mass is 16.5. The molecule has 5 nitrogen and oxygen atoms in total. The van der Waals surface area contributed by atoms with E-state index >= 15 is 0 Å². The number of aromatic nitrogens is 2. The van der Waals surface area contributed by atoms with Crippen molar-refractivity contribution in [2.75, 3.05) is 24.2 Å². The Morgan fingerprint density at radius 3 is 2.76 bits per heavy atom. The minimum absolute atomic E-state index is 0.413. The van der Waals surface area contributed by atoms with E-state index in [9.17, 15) is 0 Å². The molecule has 1 aromatic rings. The molecule has 0 spiro atoms. The summed E-state index contributed by atoms with van der Waals surface area (Å²) in [5, 5.41) is 3.37. The van der Waals surface area contributed by atoms with Crippen molar-refractivity contribution in [3.05, 3.63) is 11.9 Å². The number of ether oxygens (including phenoxy) is 1. The zero-order valence-electron chi connectivity index (χ0n) is 13.3. The number of nitrogens with zero attached hydrogens (tertiary/aromatic N) is 2. The summed E-state index contributed by atoms with van der Waals surface area (Å²) in [6.45, 7) is 6.33. The first-order chi connectivity index (χ1) is 10.2. The van der Waals surface area contributed by atoms with E-state index in [1.807, 2.05) is 6.92 Å². The first-order valence-electron chi connectivity index (χ1n) is 8.12. The molecule has 1 saturated carbocycles. The molecule has 0 atom stereocenters. The van der Waals surface area contributed by atoms with E-state index in [1.165, 1.54) is 32.1 Å². The summed E-state index contributed by atoms with van der Waals surface area (Å²) >= 11 is 0. The van der Waals surface area contributed by atoms with Crippen LogP contribution < -0.4 is 11.1 Å². The normalized spacial score (nSPS) is 22.2. The highest BCUT2D eigenvalue weighted by Gasteiger charge is 2.17. The van der Waals surface area contributed by atoms with Crippen LogP contribution in [0, 0.1) is 11.8 Å². The van der Waals surface area contributed by atoms with Crippen LogP contribution in [0.4, 0.5) is 11.6 Å². The van der Waals surface area contributed by atoms with Crippen LogP contribution in [0.15, 0.2) is 6.07 Å². The van der Waals surface area contributed by atoms with Crippen LogP contribution in [0.25, 0.3) is 0 Å². The van der Waals surface area contributed by atoms with Gasteiger partial charge >= 0.3 is 0 Å². The van der Waals surface area contributed by atoms with Crippen LogP contribution in [0.1, 0.15) is 51.8 Å². The van der Waals surface area contributed by atoms with Gasteiger partial charge < -0.3 is 15.8 Å². The Balaban J connectivity index is 1.78. The lowest BCUT2D eigenvalue weighted by molar-refractivity contribution is 0.128. The molecule has 1 heterocycles. The van der Waals surface area contributed by atoms with Gasteiger partial charge in [0.05, 0.1) is 0 Å². The molecule has 21 heavy (non-hydrogen) atoms. The first-order valence-corrected chi connectivity index (χ1v) is 8.12. The van der Waals surface area contributed by atoms with Gasteiger partial charge in [0.25, 0.3) is 0 Å². The van der Waals surface area contributed by atoms with Crippen molar-refractivity contribution in [2.45, 2.75) is 52.6 Å². The van der Waals surface area contributed by atoms with E-state index in [0.29, 0.717) is 24.9 Å². The molecule has 2 rings (SSSR count). The highest BCUT2D eigenvalue weighted by Crippen LogP contribution is 2.30. The molecule has 118 valence electrons. The van der Waals surface area contributed by atoms with E-state index in [1.54, 1.807) is 6.07 Å². The summed E-state index contributed by atoms with van der Waals surface area (Å²) in [4.78, 5) is 8.62. The maximum absolute atomic E-state index is 5.81. The second-order valence-corrected chi connectivity index (χ2v) is 6.07. The third-order valence-corrected chi connectivity index (χ3v) is 4.22. The smallest absolute Gasteiger partial charge is 0.158 e. The number of nitrogen functional groups attached to an aromatic ring is 1. The fraction of sp³-hybridized carbons (Fsp3) is 0.750. The van der Waals surface area contributed by atoms with Gasteiger partial charge in [-0.2, -0.15) is 0 Å². The Labute approximate surface area is 127 Å². The third kappa shape index (κ3) is 5.50. The fourth-order valence-corrected chi connectivity index (χ4v) is 2.89. The molecule has 5 heteroatoms.